The lowest BCUT2D eigenvalue weighted by atomic mass is 10.1. The van der Waals surface area contributed by atoms with Crippen LogP contribution in [0.4, 0.5) is 4.39 Å². The Morgan fingerprint density at radius 2 is 2.07 bits per heavy atom. The number of amides is 1. The molecule has 1 aromatic carbocycles. The van der Waals surface area contributed by atoms with E-state index < -0.39 is 9.84 Å². The molecule has 2 unspecified atom stereocenters. The zero-order valence-corrected chi connectivity index (χ0v) is 17.4. The van der Waals surface area contributed by atoms with Crippen LogP contribution in [0.3, 0.4) is 0 Å². The Morgan fingerprint density at radius 3 is 2.64 bits per heavy atom. The van der Waals surface area contributed by atoms with Crippen LogP contribution in [-0.2, 0) is 14.6 Å². The number of benzene rings is 1. The van der Waals surface area contributed by atoms with Gasteiger partial charge in [-0.1, -0.05) is 25.1 Å². The highest BCUT2D eigenvalue weighted by Gasteiger charge is 2.33. The number of sulfone groups is 1. The van der Waals surface area contributed by atoms with Gasteiger partial charge in [0.25, 0.3) is 0 Å². The van der Waals surface area contributed by atoms with Gasteiger partial charge in [-0.25, -0.2) is 12.8 Å². The summed E-state index contributed by atoms with van der Waals surface area (Å²) >= 11 is 1.52. The summed E-state index contributed by atoms with van der Waals surface area (Å²) in [5.74, 6) is -0.184. The van der Waals surface area contributed by atoms with E-state index in [1.54, 1.807) is 12.1 Å². The first-order chi connectivity index (χ1) is 13.4. The predicted octanol–water partition coefficient (Wildman–Crippen LogP) is 2.99. The van der Waals surface area contributed by atoms with Crippen molar-refractivity contribution in [1.29, 1.82) is 0 Å². The normalized spacial score (nSPS) is 19.6. The maximum atomic E-state index is 13.3. The second-order valence-corrected chi connectivity index (χ2v) is 10.3. The van der Waals surface area contributed by atoms with Crippen LogP contribution in [0.15, 0.2) is 41.8 Å². The van der Waals surface area contributed by atoms with Crippen molar-refractivity contribution in [2.75, 3.05) is 24.6 Å². The van der Waals surface area contributed by atoms with Crippen LogP contribution in [0, 0.1) is 5.82 Å². The number of nitrogens with zero attached hydrogens (tertiary/aromatic N) is 1. The van der Waals surface area contributed by atoms with E-state index in [-0.39, 0.29) is 41.9 Å². The fourth-order valence-corrected chi connectivity index (χ4v) is 6.13. The third-order valence-corrected chi connectivity index (χ3v) is 7.61. The molecule has 28 heavy (non-hydrogen) atoms. The Balaban J connectivity index is 1.73. The molecule has 0 aliphatic carbocycles. The second-order valence-electron chi connectivity index (χ2n) is 7.09. The first-order valence-corrected chi connectivity index (χ1v) is 12.1. The maximum Gasteiger partial charge on any atom is 0.234 e. The number of carbonyl (C=O) groups is 1. The molecule has 1 aliphatic rings. The maximum absolute atomic E-state index is 13.3. The van der Waals surface area contributed by atoms with Crippen LogP contribution in [0.25, 0.3) is 0 Å². The summed E-state index contributed by atoms with van der Waals surface area (Å²) in [6.07, 6.45) is 1.41. The van der Waals surface area contributed by atoms with Crippen LogP contribution in [0.1, 0.15) is 36.2 Å². The van der Waals surface area contributed by atoms with Crippen LogP contribution >= 0.6 is 11.3 Å². The first-order valence-electron chi connectivity index (χ1n) is 9.40. The lowest BCUT2D eigenvalue weighted by Gasteiger charge is -2.28. The second kappa shape index (κ2) is 9.15. The van der Waals surface area contributed by atoms with Gasteiger partial charge in [0.15, 0.2) is 9.84 Å². The highest BCUT2D eigenvalue weighted by atomic mass is 32.2. The van der Waals surface area contributed by atoms with Gasteiger partial charge < -0.3 is 5.32 Å². The molecule has 2 heterocycles. The van der Waals surface area contributed by atoms with Gasteiger partial charge in [-0.2, -0.15) is 0 Å². The Bertz CT molecular complexity index is 883. The SMILES string of the molecule is CCCN(CC(=O)NC(c1ccc(F)cc1)c1cccs1)C1CCS(=O)(=O)C1. The zero-order valence-electron chi connectivity index (χ0n) is 15.8. The quantitative estimate of drug-likeness (QED) is 0.708. The first kappa shape index (κ1) is 21.0. The highest BCUT2D eigenvalue weighted by molar-refractivity contribution is 7.91. The molecule has 152 valence electrons. The molecule has 5 nitrogen and oxygen atoms in total. The van der Waals surface area contributed by atoms with Gasteiger partial charge in [0.1, 0.15) is 5.82 Å². The van der Waals surface area contributed by atoms with E-state index in [0.29, 0.717) is 13.0 Å². The van der Waals surface area contributed by atoms with Gasteiger partial charge in [0.2, 0.25) is 5.91 Å². The van der Waals surface area contributed by atoms with Crippen molar-refractivity contribution in [3.05, 3.63) is 58.0 Å². The molecule has 1 saturated heterocycles. The lowest BCUT2D eigenvalue weighted by molar-refractivity contribution is -0.123. The average Bonchev–Trinajstić information content (AvgIpc) is 3.30. The summed E-state index contributed by atoms with van der Waals surface area (Å²) in [6, 6.07) is 9.50. The van der Waals surface area contributed by atoms with Gasteiger partial charge in [-0.3, -0.25) is 9.69 Å². The van der Waals surface area contributed by atoms with Crippen molar-refractivity contribution >= 4 is 27.1 Å². The molecular formula is C20H25FN2O3S2. The number of thiophene rings is 1. The van der Waals surface area contributed by atoms with Crippen LogP contribution in [-0.4, -0.2) is 49.9 Å². The summed E-state index contributed by atoms with van der Waals surface area (Å²) in [7, 11) is -3.01. The summed E-state index contributed by atoms with van der Waals surface area (Å²) in [5, 5.41) is 4.98. The number of nitrogens with one attached hydrogen (secondary N) is 1. The molecule has 1 aliphatic heterocycles. The van der Waals surface area contributed by atoms with Crippen molar-refractivity contribution in [1.82, 2.24) is 10.2 Å². The predicted molar refractivity (Wildman–Crippen MR) is 110 cm³/mol. The molecule has 0 radical (unpaired) electrons. The van der Waals surface area contributed by atoms with Gasteiger partial charge in [0.05, 0.1) is 24.1 Å². The molecule has 2 aromatic rings. The number of carbonyl (C=O) groups excluding carboxylic acids is 1. The summed E-state index contributed by atoms with van der Waals surface area (Å²) in [6.45, 7) is 2.84. The van der Waals surface area contributed by atoms with Crippen LogP contribution in [0.2, 0.25) is 0 Å². The molecule has 1 N–H and O–H groups in total. The number of hydrogen-bond donors (Lipinski definition) is 1. The van der Waals surface area contributed by atoms with Crippen molar-refractivity contribution < 1.29 is 17.6 Å². The smallest absolute Gasteiger partial charge is 0.234 e. The van der Waals surface area contributed by atoms with E-state index in [0.717, 1.165) is 16.9 Å². The molecule has 1 amide bonds. The molecule has 8 heteroatoms. The van der Waals surface area contributed by atoms with Crippen LogP contribution in [0.5, 0.6) is 0 Å². The molecule has 1 fully saturated rings. The Hall–Kier alpha value is -1.77. The Labute approximate surface area is 169 Å². The monoisotopic (exact) mass is 424 g/mol. The van der Waals surface area contributed by atoms with Crippen molar-refractivity contribution in [3.8, 4) is 0 Å². The van der Waals surface area contributed by atoms with E-state index in [4.69, 9.17) is 0 Å². The number of halogens is 1. The van der Waals surface area contributed by atoms with Gasteiger partial charge in [0, 0.05) is 10.9 Å². The van der Waals surface area contributed by atoms with Crippen molar-refractivity contribution in [3.63, 3.8) is 0 Å². The Kier molecular flexibility index (Phi) is 6.85. The minimum absolute atomic E-state index is 0.110. The van der Waals surface area contributed by atoms with Crippen LogP contribution < -0.4 is 5.32 Å². The summed E-state index contributed by atoms with van der Waals surface area (Å²) in [4.78, 5) is 15.8. The molecule has 0 bridgehead atoms. The highest BCUT2D eigenvalue weighted by Crippen LogP contribution is 2.26. The molecule has 0 saturated carbocycles. The fraction of sp³-hybridized carbons (Fsp3) is 0.450. The molecule has 1 aromatic heterocycles. The number of hydrogen-bond acceptors (Lipinski definition) is 5. The van der Waals surface area contributed by atoms with E-state index in [2.05, 4.69) is 5.32 Å². The van der Waals surface area contributed by atoms with Crippen molar-refractivity contribution in [2.45, 2.75) is 31.8 Å². The third kappa shape index (κ3) is 5.40. The summed E-state index contributed by atoms with van der Waals surface area (Å²) in [5.41, 5.74) is 0.808. The summed E-state index contributed by atoms with van der Waals surface area (Å²) < 4.78 is 37.0. The van der Waals surface area contributed by atoms with E-state index in [1.807, 2.05) is 29.3 Å². The zero-order chi connectivity index (χ0) is 20.1. The van der Waals surface area contributed by atoms with Crippen molar-refractivity contribution in [2.24, 2.45) is 0 Å². The minimum atomic E-state index is -3.01. The van der Waals surface area contributed by atoms with Gasteiger partial charge in [-0.15, -0.1) is 11.3 Å². The lowest BCUT2D eigenvalue weighted by Crippen LogP contribution is -2.44. The largest absolute Gasteiger partial charge is 0.343 e. The molecular weight excluding hydrogens is 399 g/mol. The van der Waals surface area contributed by atoms with Gasteiger partial charge in [-0.05, 0) is 48.5 Å². The third-order valence-electron chi connectivity index (χ3n) is 4.92. The molecule has 2 atom stereocenters. The number of rotatable bonds is 8. The van der Waals surface area contributed by atoms with E-state index in [1.165, 1.54) is 23.5 Å². The Morgan fingerprint density at radius 1 is 1.32 bits per heavy atom. The van der Waals surface area contributed by atoms with E-state index in [9.17, 15) is 17.6 Å². The molecule has 0 spiro atoms. The average molecular weight is 425 g/mol. The molecule has 3 rings (SSSR count). The minimum Gasteiger partial charge on any atom is -0.343 e. The standard InChI is InChI=1S/C20H25FN2O3S2/c1-2-10-23(17-9-12-28(25,26)14-17)13-19(24)22-20(18-4-3-11-27-18)15-5-7-16(21)8-6-15/h3-8,11,17,20H,2,9-10,12-14H2,1H3,(H,22,24). The topological polar surface area (TPSA) is 66.5 Å². The fourth-order valence-electron chi connectivity index (χ4n) is 3.56. The van der Waals surface area contributed by atoms with E-state index >= 15 is 0 Å². The van der Waals surface area contributed by atoms with Gasteiger partial charge >= 0.3 is 0 Å².